The third kappa shape index (κ3) is 4.00. The van der Waals surface area contributed by atoms with Crippen LogP contribution in [0.5, 0.6) is 0 Å². The minimum atomic E-state index is -0.787. The Bertz CT molecular complexity index is 847. The van der Waals surface area contributed by atoms with Crippen molar-refractivity contribution in [2.24, 2.45) is 0 Å². The molecule has 5 nitrogen and oxygen atoms in total. The zero-order valence-electron chi connectivity index (χ0n) is 14.8. The van der Waals surface area contributed by atoms with Gasteiger partial charge in [0.05, 0.1) is 12.7 Å². The fourth-order valence-corrected chi connectivity index (χ4v) is 2.57. The molecule has 0 saturated heterocycles. The normalized spacial score (nSPS) is 13.2. The summed E-state index contributed by atoms with van der Waals surface area (Å²) in [5.41, 5.74) is 4.60. The Morgan fingerprint density at radius 2 is 1.84 bits per heavy atom. The maximum atomic E-state index is 9.42. The van der Waals surface area contributed by atoms with Crippen molar-refractivity contribution in [3.05, 3.63) is 48.0 Å². The monoisotopic (exact) mass is 340 g/mol. The summed E-state index contributed by atoms with van der Waals surface area (Å²) in [6.45, 7) is 6.56. The molecule has 0 bridgehead atoms. The maximum absolute atomic E-state index is 9.42. The molecule has 0 saturated carbocycles. The Labute approximate surface area is 147 Å². The Balaban J connectivity index is 1.83. The number of oxazole rings is 1. The van der Waals surface area contributed by atoms with Crippen LogP contribution >= 0.6 is 0 Å². The van der Waals surface area contributed by atoms with Gasteiger partial charge in [-0.3, -0.25) is 0 Å². The summed E-state index contributed by atoms with van der Waals surface area (Å²) in [5.74, 6) is 0.586. The zero-order valence-corrected chi connectivity index (χ0v) is 14.8. The van der Waals surface area contributed by atoms with E-state index in [4.69, 9.17) is 9.52 Å². The lowest BCUT2D eigenvalue weighted by Gasteiger charge is -2.18. The van der Waals surface area contributed by atoms with Crippen molar-refractivity contribution in [2.45, 2.75) is 32.3 Å². The van der Waals surface area contributed by atoms with Crippen molar-refractivity contribution >= 4 is 16.8 Å². The van der Waals surface area contributed by atoms with Crippen LogP contribution in [0, 0.1) is 0 Å². The van der Waals surface area contributed by atoms with E-state index < -0.39 is 6.10 Å². The molecule has 1 heterocycles. The smallest absolute Gasteiger partial charge is 0.227 e. The number of fused-ring (bicyclic) bond motifs is 1. The first-order valence-corrected chi connectivity index (χ1v) is 8.41. The molecule has 1 unspecified atom stereocenters. The first-order valence-electron chi connectivity index (χ1n) is 8.41. The van der Waals surface area contributed by atoms with Crippen molar-refractivity contribution in [1.29, 1.82) is 0 Å². The number of benzene rings is 2. The molecule has 0 radical (unpaired) electrons. The summed E-state index contributed by atoms with van der Waals surface area (Å²) < 4.78 is 5.85. The molecule has 0 aliphatic rings. The van der Waals surface area contributed by atoms with Crippen LogP contribution in [-0.2, 0) is 5.41 Å². The Kier molecular flexibility index (Phi) is 4.79. The highest BCUT2D eigenvalue weighted by Crippen LogP contribution is 2.29. The largest absolute Gasteiger partial charge is 0.436 e. The van der Waals surface area contributed by atoms with E-state index in [9.17, 15) is 5.11 Å². The molecular weight excluding hydrogens is 316 g/mol. The first kappa shape index (κ1) is 17.5. The summed E-state index contributed by atoms with van der Waals surface area (Å²) in [7, 11) is 0. The van der Waals surface area contributed by atoms with E-state index in [1.165, 1.54) is 5.56 Å². The van der Waals surface area contributed by atoms with E-state index in [1.807, 2.05) is 30.3 Å². The van der Waals surface area contributed by atoms with Crippen LogP contribution in [0.3, 0.4) is 0 Å². The van der Waals surface area contributed by atoms with Gasteiger partial charge in [0.2, 0.25) is 5.89 Å². The molecule has 25 heavy (non-hydrogen) atoms. The molecule has 3 rings (SSSR count). The fourth-order valence-electron chi connectivity index (χ4n) is 2.57. The van der Waals surface area contributed by atoms with Gasteiger partial charge >= 0.3 is 0 Å². The topological polar surface area (TPSA) is 78.5 Å². The lowest BCUT2D eigenvalue weighted by Crippen LogP contribution is -2.22. The van der Waals surface area contributed by atoms with Gasteiger partial charge in [0.15, 0.2) is 5.58 Å². The molecule has 1 atom stereocenters. The average molecular weight is 340 g/mol. The number of anilines is 1. The Morgan fingerprint density at radius 1 is 1.12 bits per heavy atom. The number of rotatable bonds is 5. The predicted molar refractivity (Wildman–Crippen MR) is 99.7 cm³/mol. The van der Waals surface area contributed by atoms with Crippen molar-refractivity contribution in [1.82, 2.24) is 4.98 Å². The third-order valence-corrected chi connectivity index (χ3v) is 4.14. The van der Waals surface area contributed by atoms with Crippen LogP contribution in [0.15, 0.2) is 46.9 Å². The molecule has 3 N–H and O–H groups in total. The van der Waals surface area contributed by atoms with Gasteiger partial charge in [-0.1, -0.05) is 32.9 Å². The summed E-state index contributed by atoms with van der Waals surface area (Å²) in [4.78, 5) is 4.56. The van der Waals surface area contributed by atoms with Crippen molar-refractivity contribution in [3.63, 3.8) is 0 Å². The van der Waals surface area contributed by atoms with Crippen molar-refractivity contribution < 1.29 is 14.6 Å². The van der Waals surface area contributed by atoms with Crippen LogP contribution in [-0.4, -0.2) is 34.5 Å². The van der Waals surface area contributed by atoms with Gasteiger partial charge in [-0.25, -0.2) is 4.98 Å². The first-order chi connectivity index (χ1) is 11.9. The summed E-state index contributed by atoms with van der Waals surface area (Å²) in [6, 6.07) is 13.9. The van der Waals surface area contributed by atoms with Gasteiger partial charge in [0.1, 0.15) is 5.52 Å². The van der Waals surface area contributed by atoms with Crippen LogP contribution in [0.2, 0.25) is 0 Å². The molecule has 0 amide bonds. The predicted octanol–water partition coefficient (Wildman–Crippen LogP) is 3.56. The molecule has 3 aromatic rings. The number of nitrogens with zero attached hydrogens (tertiary/aromatic N) is 1. The second-order valence-electron chi connectivity index (χ2n) is 7.25. The van der Waals surface area contributed by atoms with Crippen molar-refractivity contribution in [3.8, 4) is 11.5 Å². The molecule has 2 aromatic carbocycles. The van der Waals surface area contributed by atoms with E-state index in [0.29, 0.717) is 11.5 Å². The third-order valence-electron chi connectivity index (χ3n) is 4.14. The van der Waals surface area contributed by atoms with Crippen molar-refractivity contribution in [2.75, 3.05) is 18.5 Å². The molecular formula is C20H24N2O3. The maximum Gasteiger partial charge on any atom is 0.227 e. The van der Waals surface area contributed by atoms with E-state index >= 15 is 0 Å². The standard InChI is InChI=1S/C20H24N2O3/c1-20(2,3)14-6-4-13(5-7-14)19-22-17-10-15(8-9-18(17)25-19)21-11-16(24)12-23/h4-10,16,21,23-24H,11-12H2,1-3H3. The quantitative estimate of drug-likeness (QED) is 0.662. The van der Waals surface area contributed by atoms with Crippen LogP contribution in [0.25, 0.3) is 22.6 Å². The highest BCUT2D eigenvalue weighted by molar-refractivity contribution is 5.80. The molecule has 0 fully saturated rings. The summed E-state index contributed by atoms with van der Waals surface area (Å²) in [5, 5.41) is 21.4. The van der Waals surface area contributed by atoms with Gasteiger partial charge in [-0.2, -0.15) is 0 Å². The number of aliphatic hydroxyl groups is 2. The summed E-state index contributed by atoms with van der Waals surface area (Å²) in [6.07, 6.45) is -0.787. The lowest BCUT2D eigenvalue weighted by atomic mass is 9.87. The SMILES string of the molecule is CC(C)(C)c1ccc(-c2nc3cc(NCC(O)CO)ccc3o2)cc1. The zero-order chi connectivity index (χ0) is 18.0. The molecule has 0 aliphatic heterocycles. The molecule has 132 valence electrons. The lowest BCUT2D eigenvalue weighted by molar-refractivity contribution is 0.105. The second-order valence-corrected chi connectivity index (χ2v) is 7.25. The van der Waals surface area contributed by atoms with Gasteiger partial charge in [0, 0.05) is 17.8 Å². The molecule has 0 aliphatic carbocycles. The van der Waals surface area contributed by atoms with Gasteiger partial charge < -0.3 is 19.9 Å². The minimum absolute atomic E-state index is 0.111. The number of hydrogen-bond acceptors (Lipinski definition) is 5. The molecule has 0 spiro atoms. The number of hydrogen-bond donors (Lipinski definition) is 3. The minimum Gasteiger partial charge on any atom is -0.436 e. The van der Waals surface area contributed by atoms with Gasteiger partial charge in [0.25, 0.3) is 0 Å². The number of aliphatic hydroxyl groups excluding tert-OH is 2. The van der Waals surface area contributed by atoms with Gasteiger partial charge in [-0.05, 0) is 41.3 Å². The van der Waals surface area contributed by atoms with Crippen LogP contribution < -0.4 is 5.32 Å². The molecule has 1 aromatic heterocycles. The number of aromatic nitrogens is 1. The average Bonchev–Trinajstić information content (AvgIpc) is 3.02. The van der Waals surface area contributed by atoms with E-state index in [0.717, 1.165) is 16.8 Å². The Hall–Kier alpha value is -2.37. The fraction of sp³-hybridized carbons (Fsp3) is 0.350. The Morgan fingerprint density at radius 3 is 2.48 bits per heavy atom. The van der Waals surface area contributed by atoms with Crippen LogP contribution in [0.4, 0.5) is 5.69 Å². The molecule has 5 heteroatoms. The highest BCUT2D eigenvalue weighted by atomic mass is 16.3. The van der Waals surface area contributed by atoms with E-state index in [-0.39, 0.29) is 18.6 Å². The second kappa shape index (κ2) is 6.86. The highest BCUT2D eigenvalue weighted by Gasteiger charge is 2.14. The van der Waals surface area contributed by atoms with E-state index in [1.54, 1.807) is 0 Å². The number of nitrogens with one attached hydrogen (secondary N) is 1. The van der Waals surface area contributed by atoms with Gasteiger partial charge in [-0.15, -0.1) is 0 Å². The van der Waals surface area contributed by atoms with E-state index in [2.05, 4.69) is 43.2 Å². The summed E-state index contributed by atoms with van der Waals surface area (Å²) >= 11 is 0. The van der Waals surface area contributed by atoms with Crippen LogP contribution in [0.1, 0.15) is 26.3 Å².